The zero-order valence-corrected chi connectivity index (χ0v) is 23.5. The van der Waals surface area contributed by atoms with Crippen LogP contribution in [0.4, 0.5) is 0 Å². The Morgan fingerprint density at radius 1 is 0.973 bits per heavy atom. The Kier molecular flexibility index (Phi) is 11.9. The molecule has 0 saturated heterocycles. The Morgan fingerprint density at radius 3 is 2.30 bits per heavy atom. The van der Waals surface area contributed by atoms with E-state index in [1.165, 1.54) is 41.7 Å². The van der Waals surface area contributed by atoms with E-state index < -0.39 is 0 Å². The van der Waals surface area contributed by atoms with Crippen molar-refractivity contribution in [3.8, 4) is 11.5 Å². The predicted octanol–water partition coefficient (Wildman–Crippen LogP) is 8.23. The van der Waals surface area contributed by atoms with Crippen LogP contribution in [-0.4, -0.2) is 39.6 Å². The normalized spacial score (nSPS) is 19.5. The molecule has 0 aliphatic carbocycles. The summed E-state index contributed by atoms with van der Waals surface area (Å²) in [5.41, 5.74) is 11.8. The number of hydrogen-bond acceptors (Lipinski definition) is 6. The number of hydrogen-bond donors (Lipinski definition) is 0. The zero-order chi connectivity index (χ0) is 26.5. The second kappa shape index (κ2) is 15.1. The standard InChI is InChI=1S/C29H41N3O4S/c1-5-6-7-8-9-10-11-26(31-32-30)28-25-17-16-24(36-21-34-4)18-27(25)37-19-29(28,2)22-12-14-23(15-13-22)35-20-33-3/h12-18,26,28H,5-11,19-21H2,1-4H3. The van der Waals surface area contributed by atoms with Crippen LogP contribution >= 0.6 is 11.8 Å². The third kappa shape index (κ3) is 7.81. The number of nitrogens with zero attached hydrogens (tertiary/aromatic N) is 3. The second-order valence-corrected chi connectivity index (χ2v) is 10.9. The average molecular weight is 528 g/mol. The lowest BCUT2D eigenvalue weighted by molar-refractivity contribution is 0.0508. The van der Waals surface area contributed by atoms with E-state index in [9.17, 15) is 5.53 Å². The Labute approximate surface area is 225 Å². The van der Waals surface area contributed by atoms with Gasteiger partial charge in [0, 0.05) is 47.2 Å². The van der Waals surface area contributed by atoms with Crippen LogP contribution in [0.25, 0.3) is 10.4 Å². The van der Waals surface area contributed by atoms with Crippen LogP contribution in [0.15, 0.2) is 52.5 Å². The highest BCUT2D eigenvalue weighted by molar-refractivity contribution is 7.99. The van der Waals surface area contributed by atoms with Crippen molar-refractivity contribution in [1.82, 2.24) is 0 Å². The van der Waals surface area contributed by atoms with Crippen molar-refractivity contribution >= 4 is 11.8 Å². The minimum Gasteiger partial charge on any atom is -0.468 e. The monoisotopic (exact) mass is 527 g/mol. The highest BCUT2D eigenvalue weighted by Crippen LogP contribution is 2.53. The van der Waals surface area contributed by atoms with Crippen molar-refractivity contribution in [2.24, 2.45) is 5.11 Å². The number of azide groups is 1. The molecule has 3 atom stereocenters. The summed E-state index contributed by atoms with van der Waals surface area (Å²) < 4.78 is 21.5. The van der Waals surface area contributed by atoms with E-state index in [0.717, 1.165) is 36.5 Å². The van der Waals surface area contributed by atoms with Gasteiger partial charge in [-0.3, -0.25) is 0 Å². The molecule has 0 radical (unpaired) electrons. The van der Waals surface area contributed by atoms with Crippen LogP contribution < -0.4 is 9.47 Å². The lowest BCUT2D eigenvalue weighted by Crippen LogP contribution is -2.41. The number of ether oxygens (including phenoxy) is 4. The van der Waals surface area contributed by atoms with Crippen LogP contribution in [0, 0.1) is 0 Å². The van der Waals surface area contributed by atoms with Gasteiger partial charge in [-0.1, -0.05) is 75.7 Å². The van der Waals surface area contributed by atoms with Crippen LogP contribution in [0.3, 0.4) is 0 Å². The fourth-order valence-corrected chi connectivity index (χ4v) is 6.58. The molecule has 1 aliphatic rings. The van der Waals surface area contributed by atoms with Crippen molar-refractivity contribution in [2.75, 3.05) is 33.6 Å². The van der Waals surface area contributed by atoms with Gasteiger partial charge >= 0.3 is 0 Å². The van der Waals surface area contributed by atoms with Gasteiger partial charge in [0.05, 0.1) is 0 Å². The van der Waals surface area contributed by atoms with Crippen molar-refractivity contribution in [3.05, 3.63) is 64.0 Å². The largest absolute Gasteiger partial charge is 0.468 e. The third-order valence-electron chi connectivity index (χ3n) is 7.17. The molecule has 0 N–H and O–H groups in total. The van der Waals surface area contributed by atoms with Crippen molar-refractivity contribution in [2.45, 2.75) is 81.1 Å². The number of methoxy groups -OCH3 is 2. The summed E-state index contributed by atoms with van der Waals surface area (Å²) >= 11 is 1.83. The van der Waals surface area contributed by atoms with Crippen molar-refractivity contribution < 1.29 is 18.9 Å². The molecule has 2 aromatic rings. The van der Waals surface area contributed by atoms with Crippen molar-refractivity contribution in [1.29, 1.82) is 0 Å². The molecular weight excluding hydrogens is 486 g/mol. The Balaban J connectivity index is 1.94. The summed E-state index contributed by atoms with van der Waals surface area (Å²) in [4.78, 5) is 4.50. The van der Waals surface area contributed by atoms with Gasteiger partial charge in [-0.25, -0.2) is 0 Å². The summed E-state index contributed by atoms with van der Waals surface area (Å²) in [5.74, 6) is 2.46. The second-order valence-electron chi connectivity index (χ2n) is 9.84. The Bertz CT molecular complexity index is 1010. The number of rotatable bonds is 16. The number of benzene rings is 2. The van der Waals surface area contributed by atoms with Gasteiger partial charge in [0.2, 0.25) is 0 Å². The van der Waals surface area contributed by atoms with Gasteiger partial charge in [-0.15, -0.1) is 11.8 Å². The average Bonchev–Trinajstić information content (AvgIpc) is 2.92. The van der Waals surface area contributed by atoms with E-state index >= 15 is 0 Å². The van der Waals surface area contributed by atoms with Crippen LogP contribution in [0.2, 0.25) is 0 Å². The Hall–Kier alpha value is -2.38. The summed E-state index contributed by atoms with van der Waals surface area (Å²) in [7, 11) is 3.23. The van der Waals surface area contributed by atoms with E-state index in [1.807, 2.05) is 30.0 Å². The Morgan fingerprint density at radius 2 is 1.62 bits per heavy atom. The lowest BCUT2D eigenvalue weighted by Gasteiger charge is -2.45. The molecule has 0 aromatic heterocycles. The van der Waals surface area contributed by atoms with Gasteiger partial charge in [-0.2, -0.15) is 0 Å². The van der Waals surface area contributed by atoms with Crippen LogP contribution in [0.1, 0.15) is 75.8 Å². The van der Waals surface area contributed by atoms with Crippen LogP contribution in [-0.2, 0) is 14.9 Å². The third-order valence-corrected chi connectivity index (χ3v) is 8.58. The molecule has 0 amide bonds. The highest BCUT2D eigenvalue weighted by Gasteiger charge is 2.45. The molecule has 0 bridgehead atoms. The molecule has 8 heteroatoms. The molecule has 0 saturated carbocycles. The van der Waals surface area contributed by atoms with Gasteiger partial charge in [0.1, 0.15) is 11.5 Å². The van der Waals surface area contributed by atoms with Gasteiger partial charge < -0.3 is 18.9 Å². The van der Waals surface area contributed by atoms with Gasteiger partial charge in [-0.05, 0) is 47.3 Å². The van der Waals surface area contributed by atoms with E-state index in [-0.39, 0.29) is 31.0 Å². The van der Waals surface area contributed by atoms with Crippen LogP contribution in [0.5, 0.6) is 11.5 Å². The molecule has 37 heavy (non-hydrogen) atoms. The van der Waals surface area contributed by atoms with E-state index in [1.54, 1.807) is 14.2 Å². The minimum atomic E-state index is -0.229. The molecule has 2 aromatic carbocycles. The SMILES string of the molecule is CCCCCCCCC(N=[N+]=[N-])C1c2ccc(OCOC)cc2SCC1(C)c1ccc(OCOC)cc1. The number of unbranched alkanes of at least 4 members (excludes halogenated alkanes) is 5. The maximum absolute atomic E-state index is 9.58. The zero-order valence-electron chi connectivity index (χ0n) is 22.7. The smallest absolute Gasteiger partial charge is 0.188 e. The lowest BCUT2D eigenvalue weighted by atomic mass is 9.66. The molecule has 1 heterocycles. The highest BCUT2D eigenvalue weighted by atomic mass is 32.2. The quantitative estimate of drug-likeness (QED) is 0.0721. The number of fused-ring (bicyclic) bond motifs is 1. The first-order valence-corrected chi connectivity index (χ1v) is 14.2. The molecule has 0 fully saturated rings. The molecule has 1 aliphatic heterocycles. The number of thioether (sulfide) groups is 1. The summed E-state index contributed by atoms with van der Waals surface area (Å²) in [5, 5.41) is 4.41. The molecule has 202 valence electrons. The topological polar surface area (TPSA) is 85.7 Å². The predicted molar refractivity (Wildman–Crippen MR) is 150 cm³/mol. The molecule has 3 rings (SSSR count). The van der Waals surface area contributed by atoms with Crippen molar-refractivity contribution in [3.63, 3.8) is 0 Å². The first-order valence-electron chi connectivity index (χ1n) is 13.2. The summed E-state index contributed by atoms with van der Waals surface area (Å²) in [6.07, 6.45) is 8.11. The fraction of sp³-hybridized carbons (Fsp3) is 0.586. The molecular formula is C29H41N3O4S. The van der Waals surface area contributed by atoms with E-state index in [2.05, 4.69) is 48.1 Å². The summed E-state index contributed by atoms with van der Waals surface area (Å²) in [6.45, 7) is 4.96. The molecule has 3 unspecified atom stereocenters. The summed E-state index contributed by atoms with van der Waals surface area (Å²) in [6, 6.07) is 14.4. The minimum absolute atomic E-state index is 0.0394. The maximum Gasteiger partial charge on any atom is 0.188 e. The maximum atomic E-state index is 9.58. The van der Waals surface area contributed by atoms with Gasteiger partial charge in [0.25, 0.3) is 0 Å². The first-order chi connectivity index (χ1) is 18.1. The molecule has 7 nitrogen and oxygen atoms in total. The van der Waals surface area contributed by atoms with Gasteiger partial charge in [0.15, 0.2) is 13.6 Å². The first kappa shape index (κ1) is 29.2. The van der Waals surface area contributed by atoms with E-state index in [0.29, 0.717) is 0 Å². The van der Waals surface area contributed by atoms with E-state index in [4.69, 9.17) is 18.9 Å². The fourth-order valence-electron chi connectivity index (χ4n) is 5.22. The molecule has 0 spiro atoms.